The van der Waals surface area contributed by atoms with Gasteiger partial charge < -0.3 is 9.80 Å². The maximum absolute atomic E-state index is 13.4. The number of hydrogen-bond donors (Lipinski definition) is 1. The Labute approximate surface area is 187 Å². The molecule has 9 heteroatoms. The van der Waals surface area contributed by atoms with Crippen LogP contribution in [0.3, 0.4) is 0 Å². The quantitative estimate of drug-likeness (QED) is 0.769. The van der Waals surface area contributed by atoms with Gasteiger partial charge >= 0.3 is 0 Å². The second kappa shape index (κ2) is 8.05. The van der Waals surface area contributed by atoms with E-state index >= 15 is 0 Å². The van der Waals surface area contributed by atoms with E-state index < -0.39 is 15.9 Å². The third-order valence-electron chi connectivity index (χ3n) is 5.84. The van der Waals surface area contributed by atoms with E-state index in [0.29, 0.717) is 24.3 Å². The van der Waals surface area contributed by atoms with E-state index in [-0.39, 0.29) is 22.8 Å². The van der Waals surface area contributed by atoms with Gasteiger partial charge in [-0.3, -0.25) is 15.0 Å². The Bertz CT molecular complexity index is 1220. The van der Waals surface area contributed by atoms with Crippen LogP contribution < -0.4 is 15.2 Å². The van der Waals surface area contributed by atoms with E-state index in [1.54, 1.807) is 34.1 Å². The first-order valence-electron chi connectivity index (χ1n) is 10.4. The number of carbonyl (C=O) groups excluding carboxylic acids is 2. The van der Waals surface area contributed by atoms with Gasteiger partial charge in [0, 0.05) is 31.9 Å². The molecule has 2 aromatic rings. The van der Waals surface area contributed by atoms with Crippen molar-refractivity contribution in [2.24, 2.45) is 5.10 Å². The van der Waals surface area contributed by atoms with Crippen molar-refractivity contribution in [1.82, 2.24) is 5.43 Å². The van der Waals surface area contributed by atoms with Crippen molar-refractivity contribution in [2.75, 3.05) is 22.6 Å². The highest BCUT2D eigenvalue weighted by atomic mass is 32.2. The zero-order valence-corrected chi connectivity index (χ0v) is 19.3. The monoisotopic (exact) mass is 454 g/mol. The van der Waals surface area contributed by atoms with Crippen molar-refractivity contribution in [1.29, 1.82) is 0 Å². The molecule has 0 radical (unpaired) electrons. The van der Waals surface area contributed by atoms with Gasteiger partial charge in [-0.25, -0.2) is 8.42 Å². The molecule has 2 atom stereocenters. The fraction of sp³-hybridized carbons (Fsp3) is 0.348. The molecule has 1 unspecified atom stereocenters. The van der Waals surface area contributed by atoms with Gasteiger partial charge in [-0.05, 0) is 49.2 Å². The molecule has 32 heavy (non-hydrogen) atoms. The van der Waals surface area contributed by atoms with Gasteiger partial charge in [-0.2, -0.15) is 5.10 Å². The van der Waals surface area contributed by atoms with Gasteiger partial charge in [0.05, 0.1) is 22.3 Å². The minimum atomic E-state index is -3.29. The molecule has 2 aliphatic heterocycles. The molecule has 0 aromatic heterocycles. The highest BCUT2D eigenvalue weighted by Gasteiger charge is 2.37. The molecule has 4 rings (SSSR count). The fourth-order valence-corrected chi connectivity index (χ4v) is 4.92. The minimum Gasteiger partial charge on any atom is -0.306 e. The number of nitrogens with one attached hydrogen (secondary N) is 1. The lowest BCUT2D eigenvalue weighted by molar-refractivity contribution is -0.121. The summed E-state index contributed by atoms with van der Waals surface area (Å²) < 4.78 is 23.5. The Morgan fingerprint density at radius 2 is 1.72 bits per heavy atom. The molecule has 168 valence electrons. The first kappa shape index (κ1) is 22.0. The van der Waals surface area contributed by atoms with Gasteiger partial charge in [-0.1, -0.05) is 18.2 Å². The molecule has 0 fully saturated rings. The van der Waals surface area contributed by atoms with E-state index in [9.17, 15) is 18.0 Å². The van der Waals surface area contributed by atoms with Gasteiger partial charge in [0.2, 0.25) is 5.91 Å². The summed E-state index contributed by atoms with van der Waals surface area (Å²) >= 11 is 0. The van der Waals surface area contributed by atoms with Crippen LogP contribution in [0.25, 0.3) is 11.1 Å². The van der Waals surface area contributed by atoms with E-state index in [4.69, 9.17) is 0 Å². The standard InChI is InChI=1S/C23H26N4O4S/c1-14-11-20(25-24-14)23(29)26-13-15(2)27(16(3)28)21-10-7-18(12-22(21)26)17-5-8-19(9-6-17)32(4,30)31/h5-10,12,15,20,25H,11,13H2,1-4H3/t15-,20?/m0/s1. The number of fused-ring (bicyclic) bond motifs is 1. The van der Waals surface area contributed by atoms with Crippen LogP contribution in [-0.2, 0) is 19.4 Å². The Hall–Kier alpha value is -3.20. The van der Waals surface area contributed by atoms with Crippen molar-refractivity contribution in [3.05, 3.63) is 42.5 Å². The molecule has 8 nitrogen and oxygen atoms in total. The van der Waals surface area contributed by atoms with Gasteiger partial charge in [-0.15, -0.1) is 0 Å². The smallest absolute Gasteiger partial charge is 0.251 e. The van der Waals surface area contributed by atoms with Crippen molar-refractivity contribution in [2.45, 2.75) is 44.2 Å². The predicted molar refractivity (Wildman–Crippen MR) is 125 cm³/mol. The van der Waals surface area contributed by atoms with Crippen molar-refractivity contribution in [3.63, 3.8) is 0 Å². The third kappa shape index (κ3) is 4.00. The molecular formula is C23H26N4O4S. The van der Waals surface area contributed by atoms with Crippen LogP contribution in [0.1, 0.15) is 27.2 Å². The molecular weight excluding hydrogens is 428 g/mol. The largest absolute Gasteiger partial charge is 0.306 e. The van der Waals surface area contributed by atoms with Crippen LogP contribution in [0, 0.1) is 0 Å². The maximum atomic E-state index is 13.4. The number of nitrogens with zero attached hydrogens (tertiary/aromatic N) is 3. The number of hydrogen-bond acceptors (Lipinski definition) is 6. The second-order valence-electron chi connectivity index (χ2n) is 8.42. The Morgan fingerprint density at radius 3 is 2.28 bits per heavy atom. The van der Waals surface area contributed by atoms with E-state index in [1.165, 1.54) is 13.2 Å². The summed E-state index contributed by atoms with van der Waals surface area (Å²) in [7, 11) is -3.29. The topological polar surface area (TPSA) is 99.2 Å². The van der Waals surface area contributed by atoms with Crippen LogP contribution in [-0.4, -0.2) is 50.8 Å². The number of amides is 2. The first-order valence-corrected chi connectivity index (χ1v) is 12.3. The van der Waals surface area contributed by atoms with E-state index in [2.05, 4.69) is 10.5 Å². The van der Waals surface area contributed by atoms with Gasteiger partial charge in [0.25, 0.3) is 5.91 Å². The zero-order valence-electron chi connectivity index (χ0n) is 18.5. The van der Waals surface area contributed by atoms with Crippen molar-refractivity contribution in [3.8, 4) is 11.1 Å². The summed E-state index contributed by atoms with van der Waals surface area (Å²) in [6, 6.07) is 11.6. The Kier molecular flexibility index (Phi) is 5.54. The number of hydrazone groups is 1. The van der Waals surface area contributed by atoms with E-state index in [1.807, 2.05) is 32.0 Å². The molecule has 0 saturated carbocycles. The third-order valence-corrected chi connectivity index (χ3v) is 6.97. The highest BCUT2D eigenvalue weighted by molar-refractivity contribution is 7.90. The summed E-state index contributed by atoms with van der Waals surface area (Å²) in [6.07, 6.45) is 1.71. The summed E-state index contributed by atoms with van der Waals surface area (Å²) in [6.45, 7) is 5.69. The number of anilines is 2. The Morgan fingerprint density at radius 1 is 1.06 bits per heavy atom. The zero-order chi connectivity index (χ0) is 23.2. The molecule has 2 heterocycles. The summed E-state index contributed by atoms with van der Waals surface area (Å²) in [4.78, 5) is 29.4. The lowest BCUT2D eigenvalue weighted by Crippen LogP contribution is -2.54. The molecule has 0 saturated heterocycles. The molecule has 1 N–H and O–H groups in total. The van der Waals surface area contributed by atoms with Crippen LogP contribution in [0.15, 0.2) is 52.5 Å². The summed E-state index contributed by atoms with van der Waals surface area (Å²) in [5, 5.41) is 4.15. The number of rotatable bonds is 3. The SMILES string of the molecule is CC(=O)N1c2ccc(-c3ccc(S(C)(=O)=O)cc3)cc2N(C(=O)C2CC(C)=NN2)C[C@@H]1C. The van der Waals surface area contributed by atoms with E-state index in [0.717, 1.165) is 16.8 Å². The number of carbonyl (C=O) groups is 2. The van der Waals surface area contributed by atoms with Crippen LogP contribution in [0.2, 0.25) is 0 Å². The molecule has 0 bridgehead atoms. The average molecular weight is 455 g/mol. The molecule has 0 spiro atoms. The molecule has 2 amide bonds. The lowest BCUT2D eigenvalue weighted by atomic mass is 9.99. The first-order chi connectivity index (χ1) is 15.1. The molecule has 0 aliphatic carbocycles. The van der Waals surface area contributed by atoms with Crippen LogP contribution in [0.5, 0.6) is 0 Å². The lowest BCUT2D eigenvalue weighted by Gasteiger charge is -2.41. The minimum absolute atomic E-state index is 0.0886. The average Bonchev–Trinajstić information content (AvgIpc) is 3.17. The second-order valence-corrected chi connectivity index (χ2v) is 10.4. The fourth-order valence-electron chi connectivity index (χ4n) is 4.29. The normalized spacial score (nSPS) is 20.4. The van der Waals surface area contributed by atoms with Gasteiger partial charge in [0.1, 0.15) is 6.04 Å². The Balaban J connectivity index is 1.76. The maximum Gasteiger partial charge on any atom is 0.251 e. The highest BCUT2D eigenvalue weighted by Crippen LogP contribution is 2.39. The van der Waals surface area contributed by atoms with Gasteiger partial charge in [0.15, 0.2) is 9.84 Å². The molecule has 2 aromatic carbocycles. The van der Waals surface area contributed by atoms with Crippen LogP contribution in [0.4, 0.5) is 11.4 Å². The summed E-state index contributed by atoms with van der Waals surface area (Å²) in [5.41, 5.74) is 6.76. The van der Waals surface area contributed by atoms with Crippen LogP contribution >= 0.6 is 0 Å². The van der Waals surface area contributed by atoms with Crippen molar-refractivity contribution < 1.29 is 18.0 Å². The number of sulfone groups is 1. The summed E-state index contributed by atoms with van der Waals surface area (Å²) in [5.74, 6) is -0.180. The number of benzene rings is 2. The predicted octanol–water partition coefficient (Wildman–Crippen LogP) is 2.58. The van der Waals surface area contributed by atoms with Crippen molar-refractivity contribution >= 4 is 38.7 Å². The molecule has 2 aliphatic rings.